The van der Waals surface area contributed by atoms with Gasteiger partial charge in [-0.3, -0.25) is 4.79 Å². The van der Waals surface area contributed by atoms with Crippen LogP contribution in [0.15, 0.2) is 21.1 Å². The van der Waals surface area contributed by atoms with Crippen LogP contribution in [0.4, 0.5) is 5.69 Å². The Hall–Kier alpha value is -0.590. The second-order valence-electron chi connectivity index (χ2n) is 3.34. The number of carbonyl (C=O) groups is 1. The molecule has 0 saturated heterocycles. The highest BCUT2D eigenvalue weighted by Gasteiger charge is 2.09. The van der Waals surface area contributed by atoms with Gasteiger partial charge in [-0.15, -0.1) is 0 Å². The predicted molar refractivity (Wildman–Crippen MR) is 73.3 cm³/mol. The molecular formula is C11H13Br2NO3. The monoisotopic (exact) mass is 365 g/mol. The zero-order valence-corrected chi connectivity index (χ0v) is 12.5. The van der Waals surface area contributed by atoms with Gasteiger partial charge >= 0.3 is 0 Å². The number of amides is 1. The van der Waals surface area contributed by atoms with E-state index in [4.69, 9.17) is 9.84 Å². The lowest BCUT2D eigenvalue weighted by Crippen LogP contribution is -2.12. The standard InChI is InChI=1S/C11H13Br2NO3/c1-17-10-6-9(7(12)5-8(10)13)14-11(16)3-2-4-15/h5-6,15H,2-4H2,1H3,(H,14,16). The van der Waals surface area contributed by atoms with Crippen LogP contribution in [0.25, 0.3) is 0 Å². The zero-order chi connectivity index (χ0) is 12.8. The summed E-state index contributed by atoms with van der Waals surface area (Å²) in [6, 6.07) is 3.53. The molecule has 0 aliphatic rings. The molecule has 0 atom stereocenters. The third kappa shape index (κ3) is 4.29. The summed E-state index contributed by atoms with van der Waals surface area (Å²) < 4.78 is 6.72. The van der Waals surface area contributed by atoms with Gasteiger partial charge in [-0.1, -0.05) is 0 Å². The van der Waals surface area contributed by atoms with E-state index in [1.54, 1.807) is 19.2 Å². The minimum atomic E-state index is -0.135. The fraction of sp³-hybridized carbons (Fsp3) is 0.364. The van der Waals surface area contributed by atoms with Crippen molar-refractivity contribution in [1.29, 1.82) is 0 Å². The fourth-order valence-electron chi connectivity index (χ4n) is 1.23. The summed E-state index contributed by atoms with van der Waals surface area (Å²) in [7, 11) is 1.56. The number of halogens is 2. The maximum atomic E-state index is 11.5. The first-order chi connectivity index (χ1) is 8.08. The van der Waals surface area contributed by atoms with Gasteiger partial charge in [-0.05, 0) is 44.3 Å². The number of carbonyl (C=O) groups excluding carboxylic acids is 1. The maximum absolute atomic E-state index is 11.5. The van der Waals surface area contributed by atoms with E-state index in [9.17, 15) is 4.79 Å². The molecule has 2 N–H and O–H groups in total. The number of benzene rings is 1. The minimum absolute atomic E-state index is 0.0122. The van der Waals surface area contributed by atoms with E-state index in [1.165, 1.54) is 0 Å². The number of hydrogen-bond donors (Lipinski definition) is 2. The number of aliphatic hydroxyl groups excluding tert-OH is 1. The molecule has 1 rings (SSSR count). The summed E-state index contributed by atoms with van der Waals surface area (Å²) in [5.41, 5.74) is 0.646. The van der Waals surface area contributed by atoms with E-state index >= 15 is 0 Å². The molecule has 6 heteroatoms. The van der Waals surface area contributed by atoms with E-state index in [2.05, 4.69) is 37.2 Å². The summed E-state index contributed by atoms with van der Waals surface area (Å²) in [6.07, 6.45) is 0.748. The maximum Gasteiger partial charge on any atom is 0.224 e. The summed E-state index contributed by atoms with van der Waals surface area (Å²) >= 11 is 6.71. The Morgan fingerprint density at radius 2 is 2.12 bits per heavy atom. The number of anilines is 1. The van der Waals surface area contributed by atoms with Crippen molar-refractivity contribution < 1.29 is 14.6 Å². The van der Waals surface area contributed by atoms with Gasteiger partial charge in [0.05, 0.1) is 17.3 Å². The molecule has 4 nitrogen and oxygen atoms in total. The Labute approximate surface area is 117 Å². The van der Waals surface area contributed by atoms with Crippen LogP contribution in [-0.2, 0) is 4.79 Å². The van der Waals surface area contributed by atoms with Crippen molar-refractivity contribution in [3.8, 4) is 5.75 Å². The van der Waals surface area contributed by atoms with Gasteiger partial charge in [-0.2, -0.15) is 0 Å². The third-order valence-corrected chi connectivity index (χ3v) is 3.35. The summed E-state index contributed by atoms with van der Waals surface area (Å²) in [4.78, 5) is 11.5. The molecule has 17 heavy (non-hydrogen) atoms. The molecule has 0 bridgehead atoms. The average Bonchev–Trinajstić information content (AvgIpc) is 2.30. The molecule has 0 fully saturated rings. The smallest absolute Gasteiger partial charge is 0.224 e. The van der Waals surface area contributed by atoms with Crippen LogP contribution >= 0.6 is 31.9 Å². The highest BCUT2D eigenvalue weighted by atomic mass is 79.9. The van der Waals surface area contributed by atoms with E-state index in [0.717, 1.165) is 8.95 Å². The minimum Gasteiger partial charge on any atom is -0.495 e. The van der Waals surface area contributed by atoms with Gasteiger partial charge < -0.3 is 15.2 Å². The highest BCUT2D eigenvalue weighted by molar-refractivity contribution is 9.11. The Morgan fingerprint density at radius 3 is 2.71 bits per heavy atom. The quantitative estimate of drug-likeness (QED) is 0.842. The van der Waals surface area contributed by atoms with Crippen LogP contribution in [0.1, 0.15) is 12.8 Å². The van der Waals surface area contributed by atoms with E-state index in [0.29, 0.717) is 24.3 Å². The average molecular weight is 367 g/mol. The van der Waals surface area contributed by atoms with Crippen molar-refractivity contribution in [2.75, 3.05) is 19.0 Å². The summed E-state index contributed by atoms with van der Waals surface area (Å²) in [5.74, 6) is 0.509. The molecule has 0 saturated carbocycles. The Bertz CT molecular complexity index is 410. The second-order valence-corrected chi connectivity index (χ2v) is 5.05. The van der Waals surface area contributed by atoms with Crippen LogP contribution in [0.2, 0.25) is 0 Å². The number of hydrogen-bond acceptors (Lipinski definition) is 3. The number of rotatable bonds is 5. The molecule has 0 aliphatic carbocycles. The van der Waals surface area contributed by atoms with Crippen molar-refractivity contribution in [2.45, 2.75) is 12.8 Å². The first-order valence-corrected chi connectivity index (χ1v) is 6.60. The van der Waals surface area contributed by atoms with Gasteiger partial charge in [0.1, 0.15) is 5.75 Å². The molecule has 0 aromatic heterocycles. The zero-order valence-electron chi connectivity index (χ0n) is 9.30. The number of nitrogens with one attached hydrogen (secondary N) is 1. The van der Waals surface area contributed by atoms with Crippen LogP contribution in [-0.4, -0.2) is 24.7 Å². The number of ether oxygens (including phenoxy) is 1. The van der Waals surface area contributed by atoms with Crippen LogP contribution in [0.3, 0.4) is 0 Å². The fourth-order valence-corrected chi connectivity index (χ4v) is 2.49. The van der Waals surface area contributed by atoms with Gasteiger partial charge in [-0.25, -0.2) is 0 Å². The van der Waals surface area contributed by atoms with Crippen LogP contribution in [0, 0.1) is 0 Å². The van der Waals surface area contributed by atoms with Gasteiger partial charge in [0.25, 0.3) is 0 Å². The van der Waals surface area contributed by atoms with E-state index in [1.807, 2.05) is 0 Å². The summed E-state index contributed by atoms with van der Waals surface area (Å²) in [6.45, 7) is 0.0122. The molecule has 1 aromatic rings. The van der Waals surface area contributed by atoms with Gasteiger partial charge in [0.15, 0.2) is 0 Å². The Morgan fingerprint density at radius 1 is 1.41 bits per heavy atom. The molecule has 1 aromatic carbocycles. The lowest BCUT2D eigenvalue weighted by Gasteiger charge is -2.10. The van der Waals surface area contributed by atoms with Crippen LogP contribution in [0.5, 0.6) is 5.75 Å². The van der Waals surface area contributed by atoms with Gasteiger partial charge in [0.2, 0.25) is 5.91 Å². The van der Waals surface area contributed by atoms with Crippen molar-refractivity contribution in [2.24, 2.45) is 0 Å². The predicted octanol–water partition coefficient (Wildman–Crippen LogP) is 2.93. The topological polar surface area (TPSA) is 58.6 Å². The molecule has 0 unspecified atom stereocenters. The molecular weight excluding hydrogens is 354 g/mol. The largest absolute Gasteiger partial charge is 0.495 e. The van der Waals surface area contributed by atoms with Crippen molar-refractivity contribution in [3.63, 3.8) is 0 Å². The Balaban J connectivity index is 2.80. The van der Waals surface area contributed by atoms with Crippen molar-refractivity contribution >= 4 is 43.5 Å². The normalized spacial score (nSPS) is 10.1. The molecule has 0 aliphatic heterocycles. The molecule has 0 heterocycles. The summed E-state index contributed by atoms with van der Waals surface area (Å²) in [5, 5.41) is 11.4. The van der Waals surface area contributed by atoms with Crippen molar-refractivity contribution in [3.05, 3.63) is 21.1 Å². The molecule has 94 valence electrons. The van der Waals surface area contributed by atoms with Crippen LogP contribution < -0.4 is 10.1 Å². The highest BCUT2D eigenvalue weighted by Crippen LogP contribution is 2.34. The van der Waals surface area contributed by atoms with Gasteiger partial charge in [0, 0.05) is 23.6 Å². The lowest BCUT2D eigenvalue weighted by molar-refractivity contribution is -0.116. The van der Waals surface area contributed by atoms with Crippen molar-refractivity contribution in [1.82, 2.24) is 0 Å². The Kier molecular flexibility index (Phi) is 5.94. The second kappa shape index (κ2) is 6.98. The first-order valence-electron chi connectivity index (χ1n) is 5.02. The first kappa shape index (κ1) is 14.5. The molecule has 1 amide bonds. The lowest BCUT2D eigenvalue weighted by atomic mass is 10.2. The van der Waals surface area contributed by atoms with E-state index in [-0.39, 0.29) is 12.5 Å². The number of aliphatic hydroxyl groups is 1. The SMILES string of the molecule is COc1cc(NC(=O)CCCO)c(Br)cc1Br. The third-order valence-electron chi connectivity index (χ3n) is 2.08. The number of methoxy groups -OCH3 is 1. The van der Waals surface area contributed by atoms with E-state index < -0.39 is 0 Å². The molecule has 0 radical (unpaired) electrons. The molecule has 0 spiro atoms.